The molecule has 5 N–H and O–H groups in total. The molecule has 0 aliphatic heterocycles. The molecule has 0 saturated heterocycles. The molecule has 0 bridgehead atoms. The summed E-state index contributed by atoms with van der Waals surface area (Å²) in [5, 5.41) is 2.79. The van der Waals surface area contributed by atoms with Gasteiger partial charge >= 0.3 is 0 Å². The van der Waals surface area contributed by atoms with E-state index in [1.807, 2.05) is 18.2 Å². The predicted molar refractivity (Wildman–Crippen MR) is 81.0 cm³/mol. The first-order valence-electron chi connectivity index (χ1n) is 7.46. The third-order valence-electron chi connectivity index (χ3n) is 4.25. The van der Waals surface area contributed by atoms with E-state index in [2.05, 4.69) is 5.32 Å². The molecule has 5 heteroatoms. The van der Waals surface area contributed by atoms with E-state index in [1.54, 1.807) is 12.1 Å². The van der Waals surface area contributed by atoms with E-state index in [-0.39, 0.29) is 11.8 Å². The van der Waals surface area contributed by atoms with Gasteiger partial charge in [-0.15, -0.1) is 0 Å². The maximum Gasteiger partial charge on any atom is 0.244 e. The monoisotopic (exact) mass is 289 g/mol. The summed E-state index contributed by atoms with van der Waals surface area (Å²) in [5.41, 5.74) is 11.8. The third kappa shape index (κ3) is 4.04. The van der Waals surface area contributed by atoms with Gasteiger partial charge in [0.05, 0.1) is 0 Å². The standard InChI is InChI=1S/C16H23N3O2/c17-10-11-6-8-13(9-7-11)16(21)19-14(15(18)20)12-4-2-1-3-5-12/h1-5,11,13-14H,6-10,17H2,(H2,18,20)(H,19,21). The highest BCUT2D eigenvalue weighted by Gasteiger charge is 2.28. The van der Waals surface area contributed by atoms with Crippen LogP contribution in [0.25, 0.3) is 0 Å². The van der Waals surface area contributed by atoms with Crippen molar-refractivity contribution in [1.29, 1.82) is 0 Å². The first-order valence-corrected chi connectivity index (χ1v) is 7.46. The van der Waals surface area contributed by atoms with Crippen LogP contribution in [0.2, 0.25) is 0 Å². The summed E-state index contributed by atoms with van der Waals surface area (Å²) < 4.78 is 0. The second kappa shape index (κ2) is 7.22. The van der Waals surface area contributed by atoms with Gasteiger partial charge in [0.1, 0.15) is 6.04 Å². The number of nitrogens with two attached hydrogens (primary N) is 2. The van der Waals surface area contributed by atoms with Crippen molar-refractivity contribution < 1.29 is 9.59 Å². The van der Waals surface area contributed by atoms with Gasteiger partial charge in [0.25, 0.3) is 0 Å². The molecule has 1 aromatic rings. The second-order valence-corrected chi connectivity index (χ2v) is 5.71. The molecule has 2 rings (SSSR count). The van der Waals surface area contributed by atoms with E-state index < -0.39 is 11.9 Å². The molecule has 5 nitrogen and oxygen atoms in total. The van der Waals surface area contributed by atoms with Gasteiger partial charge < -0.3 is 16.8 Å². The molecule has 0 aromatic heterocycles. The number of benzene rings is 1. The molecule has 1 aromatic carbocycles. The SMILES string of the molecule is NCC1CCC(C(=O)NC(C(N)=O)c2ccccc2)CC1. The van der Waals surface area contributed by atoms with Crippen LogP contribution in [0.1, 0.15) is 37.3 Å². The van der Waals surface area contributed by atoms with E-state index in [0.717, 1.165) is 25.7 Å². The van der Waals surface area contributed by atoms with Gasteiger partial charge in [0.15, 0.2) is 0 Å². The number of hydrogen-bond acceptors (Lipinski definition) is 3. The van der Waals surface area contributed by atoms with Gasteiger partial charge in [-0.2, -0.15) is 0 Å². The van der Waals surface area contributed by atoms with Crippen molar-refractivity contribution in [3.63, 3.8) is 0 Å². The van der Waals surface area contributed by atoms with Crippen LogP contribution >= 0.6 is 0 Å². The van der Waals surface area contributed by atoms with Crippen LogP contribution in [0.3, 0.4) is 0 Å². The number of carbonyl (C=O) groups excluding carboxylic acids is 2. The largest absolute Gasteiger partial charge is 0.368 e. The molecule has 1 unspecified atom stereocenters. The summed E-state index contributed by atoms with van der Waals surface area (Å²) in [5.74, 6) is -0.142. The molecule has 0 radical (unpaired) electrons. The second-order valence-electron chi connectivity index (χ2n) is 5.71. The summed E-state index contributed by atoms with van der Waals surface area (Å²) in [6.45, 7) is 0.683. The van der Waals surface area contributed by atoms with Gasteiger partial charge in [-0.25, -0.2) is 0 Å². The Morgan fingerprint density at radius 2 is 1.76 bits per heavy atom. The van der Waals surface area contributed by atoms with Gasteiger partial charge in [0.2, 0.25) is 11.8 Å². The molecular weight excluding hydrogens is 266 g/mol. The minimum atomic E-state index is -0.758. The first-order chi connectivity index (χ1) is 10.1. The highest BCUT2D eigenvalue weighted by atomic mass is 16.2. The van der Waals surface area contributed by atoms with E-state index in [0.29, 0.717) is 18.0 Å². The molecule has 2 amide bonds. The number of hydrogen-bond donors (Lipinski definition) is 3. The average molecular weight is 289 g/mol. The number of rotatable bonds is 5. The summed E-state index contributed by atoms with van der Waals surface area (Å²) in [7, 11) is 0. The lowest BCUT2D eigenvalue weighted by Crippen LogP contribution is -2.41. The maximum absolute atomic E-state index is 12.3. The Hall–Kier alpha value is -1.88. The van der Waals surface area contributed by atoms with Crippen LogP contribution in [0.4, 0.5) is 0 Å². The Labute approximate surface area is 125 Å². The minimum Gasteiger partial charge on any atom is -0.368 e. The topological polar surface area (TPSA) is 98.2 Å². The van der Waals surface area contributed by atoms with Crippen LogP contribution in [-0.2, 0) is 9.59 Å². The molecule has 1 aliphatic rings. The van der Waals surface area contributed by atoms with Crippen molar-refractivity contribution in [2.75, 3.05) is 6.54 Å². The van der Waals surface area contributed by atoms with E-state index in [4.69, 9.17) is 11.5 Å². The molecule has 21 heavy (non-hydrogen) atoms. The Morgan fingerprint density at radius 1 is 1.14 bits per heavy atom. The smallest absolute Gasteiger partial charge is 0.244 e. The Morgan fingerprint density at radius 3 is 2.29 bits per heavy atom. The lowest BCUT2D eigenvalue weighted by molar-refractivity contribution is -0.131. The van der Waals surface area contributed by atoms with Crippen molar-refractivity contribution in [1.82, 2.24) is 5.32 Å². The molecule has 0 spiro atoms. The van der Waals surface area contributed by atoms with Crippen LogP contribution in [-0.4, -0.2) is 18.4 Å². The van der Waals surface area contributed by atoms with Crippen LogP contribution in [0.5, 0.6) is 0 Å². The molecule has 1 saturated carbocycles. The van der Waals surface area contributed by atoms with Crippen molar-refractivity contribution in [2.45, 2.75) is 31.7 Å². The average Bonchev–Trinajstić information content (AvgIpc) is 2.53. The molecule has 1 aliphatic carbocycles. The zero-order valence-corrected chi connectivity index (χ0v) is 12.1. The van der Waals surface area contributed by atoms with Crippen molar-refractivity contribution in [2.24, 2.45) is 23.3 Å². The lowest BCUT2D eigenvalue weighted by Gasteiger charge is -2.28. The Balaban J connectivity index is 1.98. The highest BCUT2D eigenvalue weighted by Crippen LogP contribution is 2.28. The summed E-state index contributed by atoms with van der Waals surface area (Å²) in [4.78, 5) is 23.9. The first kappa shape index (κ1) is 15.5. The zero-order valence-electron chi connectivity index (χ0n) is 12.1. The number of carbonyl (C=O) groups is 2. The zero-order chi connectivity index (χ0) is 15.2. The predicted octanol–water partition coefficient (Wildman–Crippen LogP) is 1.09. The van der Waals surface area contributed by atoms with E-state index in [1.165, 1.54) is 0 Å². The highest BCUT2D eigenvalue weighted by molar-refractivity contribution is 5.88. The number of amides is 2. The van der Waals surface area contributed by atoms with Crippen LogP contribution < -0.4 is 16.8 Å². The quantitative estimate of drug-likeness (QED) is 0.757. The van der Waals surface area contributed by atoms with Gasteiger partial charge in [-0.3, -0.25) is 9.59 Å². The van der Waals surface area contributed by atoms with Crippen molar-refractivity contribution in [3.8, 4) is 0 Å². The number of primary amides is 1. The van der Waals surface area contributed by atoms with E-state index >= 15 is 0 Å². The van der Waals surface area contributed by atoms with Gasteiger partial charge in [-0.1, -0.05) is 30.3 Å². The lowest BCUT2D eigenvalue weighted by atomic mass is 9.81. The summed E-state index contributed by atoms with van der Waals surface area (Å²) in [6, 6.07) is 8.33. The Kier molecular flexibility index (Phi) is 5.33. The van der Waals surface area contributed by atoms with Crippen molar-refractivity contribution in [3.05, 3.63) is 35.9 Å². The van der Waals surface area contributed by atoms with Crippen LogP contribution in [0, 0.1) is 11.8 Å². The number of nitrogens with one attached hydrogen (secondary N) is 1. The summed E-state index contributed by atoms with van der Waals surface area (Å²) in [6.07, 6.45) is 3.60. The molecule has 114 valence electrons. The molecule has 1 atom stereocenters. The fraction of sp³-hybridized carbons (Fsp3) is 0.500. The minimum absolute atomic E-state index is 0.0432. The normalized spacial score (nSPS) is 23.3. The maximum atomic E-state index is 12.3. The fourth-order valence-electron chi connectivity index (χ4n) is 2.88. The Bertz CT molecular complexity index is 482. The van der Waals surface area contributed by atoms with Gasteiger partial charge in [-0.05, 0) is 43.7 Å². The van der Waals surface area contributed by atoms with Gasteiger partial charge in [0, 0.05) is 5.92 Å². The molecular formula is C16H23N3O2. The van der Waals surface area contributed by atoms with E-state index in [9.17, 15) is 9.59 Å². The summed E-state index contributed by atoms with van der Waals surface area (Å²) >= 11 is 0. The van der Waals surface area contributed by atoms with Crippen molar-refractivity contribution >= 4 is 11.8 Å². The van der Waals surface area contributed by atoms with Crippen LogP contribution in [0.15, 0.2) is 30.3 Å². The fourth-order valence-corrected chi connectivity index (χ4v) is 2.88. The molecule has 1 fully saturated rings. The third-order valence-corrected chi connectivity index (χ3v) is 4.25. The molecule has 0 heterocycles.